The third kappa shape index (κ3) is 3.32. The van der Waals surface area contributed by atoms with Crippen LogP contribution >= 0.6 is 38.5 Å². The Balaban J connectivity index is 2.35. The SMILES string of the molecule is O=C(Nc1cc(F)cc(F)c1F)c1cc(Br)ccc1I. The molecule has 0 saturated carbocycles. The first-order chi connectivity index (χ1) is 9.38. The molecule has 0 saturated heterocycles. The van der Waals surface area contributed by atoms with Crippen molar-refractivity contribution in [1.82, 2.24) is 0 Å². The third-order valence-electron chi connectivity index (χ3n) is 2.41. The van der Waals surface area contributed by atoms with Crippen LogP contribution < -0.4 is 5.32 Å². The molecule has 1 amide bonds. The first-order valence-corrected chi connectivity index (χ1v) is 7.16. The molecule has 0 radical (unpaired) electrons. The predicted octanol–water partition coefficient (Wildman–Crippen LogP) is 4.72. The van der Waals surface area contributed by atoms with Crippen molar-refractivity contribution in [2.45, 2.75) is 0 Å². The first kappa shape index (κ1) is 15.3. The highest BCUT2D eigenvalue weighted by molar-refractivity contribution is 14.1. The zero-order valence-electron chi connectivity index (χ0n) is 9.68. The van der Waals surface area contributed by atoms with Gasteiger partial charge in [0.05, 0.1) is 11.3 Å². The lowest BCUT2D eigenvalue weighted by atomic mass is 10.2. The Morgan fingerprint density at radius 1 is 1.15 bits per heavy atom. The van der Waals surface area contributed by atoms with Gasteiger partial charge in [0.25, 0.3) is 5.91 Å². The Morgan fingerprint density at radius 2 is 1.85 bits per heavy atom. The van der Waals surface area contributed by atoms with Gasteiger partial charge >= 0.3 is 0 Å². The van der Waals surface area contributed by atoms with Crippen molar-refractivity contribution < 1.29 is 18.0 Å². The second-order valence-electron chi connectivity index (χ2n) is 3.83. The standard InChI is InChI=1S/C13H6BrF3INO/c14-6-1-2-10(18)8(3-6)13(20)19-11-5-7(15)4-9(16)12(11)17/h1-5H,(H,19,20). The van der Waals surface area contributed by atoms with Crippen LogP contribution in [0.25, 0.3) is 0 Å². The van der Waals surface area contributed by atoms with Crippen LogP contribution in [-0.2, 0) is 0 Å². The average molecular weight is 456 g/mol. The first-order valence-electron chi connectivity index (χ1n) is 5.29. The second-order valence-corrected chi connectivity index (χ2v) is 5.91. The van der Waals surface area contributed by atoms with Crippen LogP contribution in [0, 0.1) is 21.0 Å². The highest BCUT2D eigenvalue weighted by atomic mass is 127. The maximum atomic E-state index is 13.5. The summed E-state index contributed by atoms with van der Waals surface area (Å²) in [5.74, 6) is -4.28. The van der Waals surface area contributed by atoms with Gasteiger partial charge in [-0.2, -0.15) is 0 Å². The summed E-state index contributed by atoms with van der Waals surface area (Å²) in [6.07, 6.45) is 0. The van der Waals surface area contributed by atoms with Crippen molar-refractivity contribution in [3.63, 3.8) is 0 Å². The van der Waals surface area contributed by atoms with Crippen LogP contribution in [0.1, 0.15) is 10.4 Å². The molecule has 0 aliphatic rings. The summed E-state index contributed by atoms with van der Waals surface area (Å²) in [6, 6.07) is 6.09. The number of carbonyl (C=O) groups excluding carboxylic acids is 1. The van der Waals surface area contributed by atoms with Crippen molar-refractivity contribution in [2.24, 2.45) is 0 Å². The molecule has 0 spiro atoms. The van der Waals surface area contributed by atoms with Gasteiger partial charge < -0.3 is 5.32 Å². The Labute approximate surface area is 134 Å². The molecule has 7 heteroatoms. The molecule has 2 nitrogen and oxygen atoms in total. The second kappa shape index (κ2) is 6.13. The summed E-state index contributed by atoms with van der Waals surface area (Å²) in [6.45, 7) is 0. The number of benzene rings is 2. The van der Waals surface area contributed by atoms with Gasteiger partial charge in [-0.05, 0) is 40.8 Å². The van der Waals surface area contributed by atoms with E-state index in [1.807, 2.05) is 22.6 Å². The molecule has 0 bridgehead atoms. The van der Waals surface area contributed by atoms with Gasteiger partial charge in [0.2, 0.25) is 0 Å². The normalized spacial score (nSPS) is 10.4. The van der Waals surface area contributed by atoms with E-state index in [0.717, 1.165) is 6.07 Å². The van der Waals surface area contributed by atoms with Crippen LogP contribution in [0.2, 0.25) is 0 Å². The largest absolute Gasteiger partial charge is 0.319 e. The minimum atomic E-state index is -1.36. The van der Waals surface area contributed by atoms with E-state index in [4.69, 9.17) is 0 Å². The topological polar surface area (TPSA) is 29.1 Å². The fraction of sp³-hybridized carbons (Fsp3) is 0. The highest BCUT2D eigenvalue weighted by Gasteiger charge is 2.16. The number of hydrogen-bond acceptors (Lipinski definition) is 1. The predicted molar refractivity (Wildman–Crippen MR) is 81.1 cm³/mol. The van der Waals surface area contributed by atoms with Crippen LogP contribution in [0.4, 0.5) is 18.9 Å². The van der Waals surface area contributed by atoms with Gasteiger partial charge in [-0.3, -0.25) is 4.79 Å². The minimum Gasteiger partial charge on any atom is -0.319 e. The molecular formula is C13H6BrF3INO. The monoisotopic (exact) mass is 455 g/mol. The Hall–Kier alpha value is -1.09. The molecule has 1 N–H and O–H groups in total. The van der Waals surface area contributed by atoms with E-state index in [9.17, 15) is 18.0 Å². The molecule has 2 aromatic carbocycles. The number of nitrogens with one attached hydrogen (secondary N) is 1. The summed E-state index contributed by atoms with van der Waals surface area (Å²) < 4.78 is 40.9. The van der Waals surface area contributed by atoms with Gasteiger partial charge in [-0.15, -0.1) is 0 Å². The van der Waals surface area contributed by atoms with E-state index in [2.05, 4.69) is 21.2 Å². The van der Waals surface area contributed by atoms with Crippen molar-refractivity contribution >= 4 is 50.1 Å². The molecule has 104 valence electrons. The molecule has 0 aliphatic heterocycles. The lowest BCUT2D eigenvalue weighted by Gasteiger charge is -2.09. The Kier molecular flexibility index (Phi) is 4.69. The van der Waals surface area contributed by atoms with E-state index in [1.54, 1.807) is 12.1 Å². The molecule has 20 heavy (non-hydrogen) atoms. The summed E-state index contributed by atoms with van der Waals surface area (Å²) >= 11 is 5.14. The zero-order valence-corrected chi connectivity index (χ0v) is 13.4. The number of hydrogen-bond donors (Lipinski definition) is 1. The quantitative estimate of drug-likeness (QED) is 0.515. The van der Waals surface area contributed by atoms with Gasteiger partial charge in [0.15, 0.2) is 11.6 Å². The van der Waals surface area contributed by atoms with E-state index in [-0.39, 0.29) is 5.56 Å². The molecule has 0 aliphatic carbocycles. The van der Waals surface area contributed by atoms with Gasteiger partial charge in [0.1, 0.15) is 5.82 Å². The fourth-order valence-corrected chi connectivity index (χ4v) is 2.45. The lowest BCUT2D eigenvalue weighted by molar-refractivity contribution is 0.102. The molecule has 0 fully saturated rings. The van der Waals surface area contributed by atoms with Gasteiger partial charge in [0, 0.05) is 20.2 Å². The zero-order chi connectivity index (χ0) is 14.9. The van der Waals surface area contributed by atoms with E-state index >= 15 is 0 Å². The van der Waals surface area contributed by atoms with E-state index in [0.29, 0.717) is 14.1 Å². The molecule has 0 atom stereocenters. The molecule has 2 aromatic rings. The number of halogens is 5. The maximum absolute atomic E-state index is 13.5. The lowest BCUT2D eigenvalue weighted by Crippen LogP contribution is -2.15. The summed E-state index contributed by atoms with van der Waals surface area (Å²) in [5, 5.41) is 2.16. The summed E-state index contributed by atoms with van der Waals surface area (Å²) in [4.78, 5) is 12.0. The Bertz CT molecular complexity index is 694. The van der Waals surface area contributed by atoms with Crippen LogP contribution in [-0.4, -0.2) is 5.91 Å². The van der Waals surface area contributed by atoms with Gasteiger partial charge in [-0.1, -0.05) is 15.9 Å². The number of rotatable bonds is 2. The highest BCUT2D eigenvalue weighted by Crippen LogP contribution is 2.23. The van der Waals surface area contributed by atoms with Crippen molar-refractivity contribution in [3.8, 4) is 0 Å². The maximum Gasteiger partial charge on any atom is 0.256 e. The smallest absolute Gasteiger partial charge is 0.256 e. The molecule has 2 rings (SSSR count). The number of carbonyl (C=O) groups is 1. The van der Waals surface area contributed by atoms with Crippen LogP contribution in [0.15, 0.2) is 34.8 Å². The number of amides is 1. The minimum absolute atomic E-state index is 0.268. The molecule has 0 unspecified atom stereocenters. The number of anilines is 1. The molecule has 0 heterocycles. The fourth-order valence-electron chi connectivity index (χ4n) is 1.51. The van der Waals surface area contributed by atoms with Crippen LogP contribution in [0.5, 0.6) is 0 Å². The van der Waals surface area contributed by atoms with Crippen molar-refractivity contribution in [3.05, 3.63) is 61.4 Å². The van der Waals surface area contributed by atoms with Gasteiger partial charge in [-0.25, -0.2) is 13.2 Å². The average Bonchev–Trinajstić information content (AvgIpc) is 2.38. The Morgan fingerprint density at radius 3 is 2.55 bits per heavy atom. The van der Waals surface area contributed by atoms with Crippen molar-refractivity contribution in [2.75, 3.05) is 5.32 Å². The molecular weight excluding hydrogens is 450 g/mol. The van der Waals surface area contributed by atoms with Crippen LogP contribution in [0.3, 0.4) is 0 Å². The van der Waals surface area contributed by atoms with E-state index < -0.39 is 29.0 Å². The molecule has 0 aromatic heterocycles. The van der Waals surface area contributed by atoms with E-state index in [1.165, 1.54) is 6.07 Å². The van der Waals surface area contributed by atoms with Crippen molar-refractivity contribution in [1.29, 1.82) is 0 Å². The summed E-state index contributed by atoms with van der Waals surface area (Å²) in [5.41, 5.74) is -0.271. The summed E-state index contributed by atoms with van der Waals surface area (Å²) in [7, 11) is 0. The third-order valence-corrected chi connectivity index (χ3v) is 3.85.